The second kappa shape index (κ2) is 8.41. The minimum absolute atomic E-state index is 0.0581. The molecule has 0 saturated carbocycles. The quantitative estimate of drug-likeness (QED) is 0.400. The summed E-state index contributed by atoms with van der Waals surface area (Å²) in [5, 5.41) is 4.34. The van der Waals surface area contributed by atoms with Gasteiger partial charge in [-0.15, -0.1) is 17.9 Å². The van der Waals surface area contributed by atoms with Gasteiger partial charge < -0.3 is 5.32 Å². The van der Waals surface area contributed by atoms with Crippen molar-refractivity contribution in [3.8, 4) is 0 Å². The first kappa shape index (κ1) is 22.7. The molecule has 0 aliphatic rings. The standard InChI is InChI=1S/C21H31N3O2S2/c1-9-10-24-18(26)16-13(2)14(3)28-17(16)22-19(24)27-11-15(25)23-21(7,8)12-20(4,5)6/h9H,1,10-12H2,2-8H3,(H,23,25). The van der Waals surface area contributed by atoms with Crippen LogP contribution in [0, 0.1) is 19.3 Å². The fourth-order valence-corrected chi connectivity index (χ4v) is 5.50. The third-order valence-corrected chi connectivity index (χ3v) is 6.43. The van der Waals surface area contributed by atoms with Crippen LogP contribution in [0.25, 0.3) is 10.2 Å². The highest BCUT2D eigenvalue weighted by Crippen LogP contribution is 2.29. The van der Waals surface area contributed by atoms with Crippen LogP contribution in [0.3, 0.4) is 0 Å². The van der Waals surface area contributed by atoms with Gasteiger partial charge in [-0.1, -0.05) is 38.6 Å². The van der Waals surface area contributed by atoms with Crippen LogP contribution in [0.5, 0.6) is 0 Å². The van der Waals surface area contributed by atoms with Gasteiger partial charge >= 0.3 is 0 Å². The number of thioether (sulfide) groups is 1. The molecule has 0 aromatic carbocycles. The summed E-state index contributed by atoms with van der Waals surface area (Å²) in [6, 6.07) is 0. The number of hydrogen-bond donors (Lipinski definition) is 1. The first-order valence-electron chi connectivity index (χ1n) is 9.40. The van der Waals surface area contributed by atoms with Crippen LogP contribution in [-0.4, -0.2) is 26.8 Å². The molecule has 1 N–H and O–H groups in total. The average molecular weight is 422 g/mol. The van der Waals surface area contributed by atoms with Crippen LogP contribution in [0.15, 0.2) is 22.6 Å². The number of aryl methyl sites for hydroxylation is 2. The highest BCUT2D eigenvalue weighted by molar-refractivity contribution is 7.99. The molecule has 0 bridgehead atoms. The Balaban J connectivity index is 2.24. The van der Waals surface area contributed by atoms with Crippen molar-refractivity contribution in [3.63, 3.8) is 0 Å². The van der Waals surface area contributed by atoms with Gasteiger partial charge in [0, 0.05) is 17.0 Å². The van der Waals surface area contributed by atoms with E-state index in [9.17, 15) is 9.59 Å². The van der Waals surface area contributed by atoms with E-state index in [1.807, 2.05) is 27.7 Å². The molecular weight excluding hydrogens is 390 g/mol. The Morgan fingerprint density at radius 3 is 2.50 bits per heavy atom. The third-order valence-electron chi connectivity index (χ3n) is 4.35. The van der Waals surface area contributed by atoms with Gasteiger partial charge in [0.05, 0.1) is 11.1 Å². The molecule has 2 aromatic heterocycles. The maximum Gasteiger partial charge on any atom is 0.263 e. The zero-order chi connectivity index (χ0) is 21.3. The highest BCUT2D eigenvalue weighted by atomic mass is 32.2. The summed E-state index contributed by atoms with van der Waals surface area (Å²) in [6.45, 7) is 18.6. The fraction of sp³-hybridized carbons (Fsp3) is 0.571. The minimum Gasteiger partial charge on any atom is -0.350 e. The Morgan fingerprint density at radius 2 is 1.93 bits per heavy atom. The number of nitrogens with one attached hydrogen (secondary N) is 1. The van der Waals surface area contributed by atoms with E-state index < -0.39 is 0 Å². The molecule has 2 aromatic rings. The van der Waals surface area contributed by atoms with Gasteiger partial charge in [-0.25, -0.2) is 4.98 Å². The first-order valence-corrected chi connectivity index (χ1v) is 11.2. The van der Waals surface area contributed by atoms with Gasteiger partial charge in [0.1, 0.15) is 4.83 Å². The number of carbonyl (C=O) groups excluding carboxylic acids is 1. The van der Waals surface area contributed by atoms with Crippen LogP contribution >= 0.6 is 23.1 Å². The lowest BCUT2D eigenvalue weighted by Crippen LogP contribution is -2.46. The number of amides is 1. The lowest BCUT2D eigenvalue weighted by molar-refractivity contribution is -0.120. The predicted octanol–water partition coefficient (Wildman–Crippen LogP) is 4.68. The number of aromatic nitrogens is 2. The smallest absolute Gasteiger partial charge is 0.263 e. The summed E-state index contributed by atoms with van der Waals surface area (Å²) >= 11 is 2.82. The predicted molar refractivity (Wildman–Crippen MR) is 121 cm³/mol. The van der Waals surface area contributed by atoms with Crippen molar-refractivity contribution in [2.24, 2.45) is 5.41 Å². The number of allylic oxidation sites excluding steroid dienone is 1. The van der Waals surface area contributed by atoms with E-state index in [0.29, 0.717) is 17.1 Å². The maximum absolute atomic E-state index is 13.0. The van der Waals surface area contributed by atoms with Crippen molar-refractivity contribution in [3.05, 3.63) is 33.4 Å². The number of nitrogens with zero attached hydrogens (tertiary/aromatic N) is 2. The number of fused-ring (bicyclic) bond motifs is 1. The molecule has 5 nitrogen and oxygen atoms in total. The molecule has 0 atom stereocenters. The van der Waals surface area contributed by atoms with Gasteiger partial charge in [-0.3, -0.25) is 14.2 Å². The molecule has 0 aliphatic carbocycles. The molecule has 1 amide bonds. The topological polar surface area (TPSA) is 64.0 Å². The van der Waals surface area contributed by atoms with E-state index in [2.05, 4.69) is 37.7 Å². The van der Waals surface area contributed by atoms with E-state index >= 15 is 0 Å². The highest BCUT2D eigenvalue weighted by Gasteiger charge is 2.27. The van der Waals surface area contributed by atoms with Crippen molar-refractivity contribution in [2.45, 2.75) is 72.1 Å². The normalized spacial score (nSPS) is 12.4. The summed E-state index contributed by atoms with van der Waals surface area (Å²) < 4.78 is 1.60. The third kappa shape index (κ3) is 5.47. The molecule has 0 spiro atoms. The monoisotopic (exact) mass is 421 g/mol. The van der Waals surface area contributed by atoms with Crippen molar-refractivity contribution in [2.75, 3.05) is 5.75 Å². The van der Waals surface area contributed by atoms with E-state index in [1.165, 1.54) is 23.1 Å². The molecule has 0 radical (unpaired) electrons. The van der Waals surface area contributed by atoms with Crippen molar-refractivity contribution < 1.29 is 4.79 Å². The number of carbonyl (C=O) groups is 1. The van der Waals surface area contributed by atoms with Crippen molar-refractivity contribution in [1.29, 1.82) is 0 Å². The average Bonchev–Trinajstić information content (AvgIpc) is 2.80. The molecule has 2 rings (SSSR count). The van der Waals surface area contributed by atoms with Crippen LogP contribution < -0.4 is 10.9 Å². The minimum atomic E-state index is -0.296. The Morgan fingerprint density at radius 1 is 1.29 bits per heavy atom. The van der Waals surface area contributed by atoms with Crippen LogP contribution in [0.2, 0.25) is 0 Å². The van der Waals surface area contributed by atoms with Crippen LogP contribution in [0.1, 0.15) is 51.5 Å². The van der Waals surface area contributed by atoms with Crippen LogP contribution in [0.4, 0.5) is 0 Å². The Labute approximate surface area is 175 Å². The Bertz CT molecular complexity index is 949. The lowest BCUT2D eigenvalue weighted by Gasteiger charge is -2.33. The van der Waals surface area contributed by atoms with Gasteiger partial charge in [0.15, 0.2) is 5.16 Å². The second-order valence-corrected chi connectivity index (χ2v) is 11.2. The SMILES string of the molecule is C=CCn1c(SCC(=O)NC(C)(C)CC(C)(C)C)nc2sc(C)c(C)c2c1=O. The summed E-state index contributed by atoms with van der Waals surface area (Å²) in [7, 11) is 0. The van der Waals surface area contributed by atoms with Gasteiger partial charge in [0.2, 0.25) is 5.91 Å². The summed E-state index contributed by atoms with van der Waals surface area (Å²) in [4.78, 5) is 32.0. The van der Waals surface area contributed by atoms with Crippen molar-refractivity contribution >= 4 is 39.2 Å². The zero-order valence-corrected chi connectivity index (χ0v) is 19.6. The van der Waals surface area contributed by atoms with E-state index in [0.717, 1.165) is 21.7 Å². The zero-order valence-electron chi connectivity index (χ0n) is 17.9. The second-order valence-electron chi connectivity index (χ2n) is 9.02. The summed E-state index contributed by atoms with van der Waals surface area (Å²) in [5.41, 5.74) is 0.738. The number of thiophene rings is 1. The fourth-order valence-electron chi connectivity index (χ4n) is 3.62. The molecule has 0 unspecified atom stereocenters. The van der Waals surface area contributed by atoms with E-state index in [1.54, 1.807) is 10.6 Å². The molecule has 7 heteroatoms. The Kier molecular flexibility index (Phi) is 6.82. The summed E-state index contributed by atoms with van der Waals surface area (Å²) in [6.07, 6.45) is 2.55. The molecule has 0 saturated heterocycles. The van der Waals surface area contributed by atoms with Crippen LogP contribution in [-0.2, 0) is 11.3 Å². The first-order chi connectivity index (χ1) is 12.8. The lowest BCUT2D eigenvalue weighted by atomic mass is 9.82. The van der Waals surface area contributed by atoms with Gasteiger partial charge in [-0.2, -0.15) is 0 Å². The largest absolute Gasteiger partial charge is 0.350 e. The maximum atomic E-state index is 13.0. The number of hydrogen-bond acceptors (Lipinski definition) is 5. The molecule has 0 aliphatic heterocycles. The van der Waals surface area contributed by atoms with Gasteiger partial charge in [-0.05, 0) is 45.1 Å². The van der Waals surface area contributed by atoms with Gasteiger partial charge in [0.25, 0.3) is 5.56 Å². The van der Waals surface area contributed by atoms with E-state index in [4.69, 9.17) is 0 Å². The summed E-state index contributed by atoms with van der Waals surface area (Å²) in [5.74, 6) is 0.156. The molecule has 2 heterocycles. The molecule has 0 fully saturated rings. The molecule has 154 valence electrons. The Hall–Kier alpha value is -1.60. The number of rotatable bonds is 7. The van der Waals surface area contributed by atoms with Crippen molar-refractivity contribution in [1.82, 2.24) is 14.9 Å². The van der Waals surface area contributed by atoms with E-state index in [-0.39, 0.29) is 28.2 Å². The molecule has 28 heavy (non-hydrogen) atoms. The molecular formula is C21H31N3O2S2.